The van der Waals surface area contributed by atoms with E-state index in [9.17, 15) is 22.8 Å². The van der Waals surface area contributed by atoms with E-state index in [2.05, 4.69) is 0 Å². The number of fused-ring (bicyclic) bond motifs is 1. The van der Waals surface area contributed by atoms with Crippen LogP contribution in [0.4, 0.5) is 13.2 Å². The van der Waals surface area contributed by atoms with Crippen LogP contribution in [0.15, 0.2) is 57.7 Å². The second-order valence-electron chi connectivity index (χ2n) is 6.52. The molecule has 0 radical (unpaired) electrons. The molecule has 3 rings (SSSR count). The number of nitrogens with zero attached hydrogens (tertiary/aromatic N) is 1. The molecule has 1 aromatic heterocycles. The number of ether oxygens (including phenoxy) is 2. The van der Waals surface area contributed by atoms with E-state index in [0.29, 0.717) is 18.4 Å². The van der Waals surface area contributed by atoms with Gasteiger partial charge >= 0.3 is 11.8 Å². The van der Waals surface area contributed by atoms with Crippen LogP contribution in [0.5, 0.6) is 11.5 Å². The standard InChI is InChI=1S/C21H18F3NO5/c1-25(11-13-4-3-5-14(8-13)28-2)19(26)12-29-15-6-7-16-17(21(22,23)24)10-20(27)30-18(16)9-15/h3-10H,11-12H2,1-2H3. The van der Waals surface area contributed by atoms with Crippen molar-refractivity contribution in [1.82, 2.24) is 4.90 Å². The summed E-state index contributed by atoms with van der Waals surface area (Å²) in [5, 5.41) is -0.268. The first-order valence-corrected chi connectivity index (χ1v) is 8.82. The lowest BCUT2D eigenvalue weighted by atomic mass is 10.1. The van der Waals surface area contributed by atoms with Crippen LogP contribution < -0.4 is 15.1 Å². The Bertz CT molecular complexity index is 1120. The van der Waals surface area contributed by atoms with E-state index in [1.54, 1.807) is 32.4 Å². The molecule has 158 valence electrons. The van der Waals surface area contributed by atoms with Crippen LogP contribution in [0.1, 0.15) is 11.1 Å². The van der Waals surface area contributed by atoms with Crippen molar-refractivity contribution in [3.8, 4) is 11.5 Å². The quantitative estimate of drug-likeness (QED) is 0.566. The van der Waals surface area contributed by atoms with E-state index in [-0.39, 0.29) is 29.2 Å². The maximum Gasteiger partial charge on any atom is 0.417 e. The lowest BCUT2D eigenvalue weighted by Gasteiger charge is -2.18. The normalized spacial score (nSPS) is 11.4. The molecule has 0 fully saturated rings. The van der Waals surface area contributed by atoms with Gasteiger partial charge in [0.25, 0.3) is 5.91 Å². The summed E-state index contributed by atoms with van der Waals surface area (Å²) in [6.45, 7) is -0.0178. The number of carbonyl (C=O) groups excluding carboxylic acids is 1. The highest BCUT2D eigenvalue weighted by Crippen LogP contribution is 2.34. The Kier molecular flexibility index (Phi) is 6.00. The summed E-state index contributed by atoms with van der Waals surface area (Å²) in [6, 6.07) is 11.2. The molecule has 2 aromatic carbocycles. The third-order valence-electron chi connectivity index (χ3n) is 4.36. The van der Waals surface area contributed by atoms with Crippen LogP contribution in [0, 0.1) is 0 Å². The molecule has 0 spiro atoms. The Morgan fingerprint density at radius 1 is 1.10 bits per heavy atom. The molecule has 0 atom stereocenters. The molecule has 0 saturated heterocycles. The lowest BCUT2D eigenvalue weighted by molar-refractivity contribution is -0.136. The van der Waals surface area contributed by atoms with Gasteiger partial charge in [0.05, 0.1) is 12.7 Å². The molecule has 6 nitrogen and oxygen atoms in total. The molecule has 0 N–H and O–H groups in total. The summed E-state index contributed by atoms with van der Waals surface area (Å²) in [7, 11) is 3.14. The molecule has 0 bridgehead atoms. The number of carbonyl (C=O) groups is 1. The van der Waals surface area contributed by atoms with Crippen LogP contribution >= 0.6 is 0 Å². The molecule has 3 aromatic rings. The Morgan fingerprint density at radius 3 is 2.57 bits per heavy atom. The fourth-order valence-electron chi connectivity index (χ4n) is 2.86. The summed E-state index contributed by atoms with van der Waals surface area (Å²) >= 11 is 0. The van der Waals surface area contributed by atoms with E-state index in [1.807, 2.05) is 6.07 Å². The Balaban J connectivity index is 1.70. The topological polar surface area (TPSA) is 69.0 Å². The summed E-state index contributed by atoms with van der Waals surface area (Å²) in [4.78, 5) is 25.2. The smallest absolute Gasteiger partial charge is 0.417 e. The minimum Gasteiger partial charge on any atom is -0.497 e. The molecule has 0 aliphatic heterocycles. The zero-order valence-corrected chi connectivity index (χ0v) is 16.2. The third kappa shape index (κ3) is 4.91. The second-order valence-corrected chi connectivity index (χ2v) is 6.52. The number of halogens is 3. The van der Waals surface area contributed by atoms with Crippen molar-refractivity contribution < 1.29 is 31.9 Å². The SMILES string of the molecule is COc1cccc(CN(C)C(=O)COc2ccc3c(C(F)(F)F)cc(=O)oc3c2)c1. The van der Waals surface area contributed by atoms with Gasteiger partial charge in [-0.15, -0.1) is 0 Å². The number of alkyl halides is 3. The van der Waals surface area contributed by atoms with Crippen molar-refractivity contribution >= 4 is 16.9 Å². The van der Waals surface area contributed by atoms with Gasteiger partial charge < -0.3 is 18.8 Å². The maximum atomic E-state index is 13.1. The van der Waals surface area contributed by atoms with Crippen molar-refractivity contribution in [3.63, 3.8) is 0 Å². The molecule has 1 amide bonds. The largest absolute Gasteiger partial charge is 0.497 e. The molecule has 30 heavy (non-hydrogen) atoms. The van der Waals surface area contributed by atoms with Gasteiger partial charge in [-0.3, -0.25) is 4.79 Å². The van der Waals surface area contributed by atoms with E-state index in [1.165, 1.54) is 11.0 Å². The number of likely N-dealkylation sites (N-methyl/N-ethyl adjacent to an activating group) is 1. The predicted octanol–water partition coefficient (Wildman–Crippen LogP) is 3.86. The van der Waals surface area contributed by atoms with Crippen molar-refractivity contribution in [1.29, 1.82) is 0 Å². The van der Waals surface area contributed by atoms with Crippen LogP contribution in [0.3, 0.4) is 0 Å². The maximum absolute atomic E-state index is 13.1. The minimum atomic E-state index is -4.70. The highest BCUT2D eigenvalue weighted by atomic mass is 19.4. The van der Waals surface area contributed by atoms with Crippen molar-refractivity contribution in [2.24, 2.45) is 0 Å². The highest BCUT2D eigenvalue weighted by Gasteiger charge is 2.33. The zero-order chi connectivity index (χ0) is 21.9. The van der Waals surface area contributed by atoms with Crippen molar-refractivity contribution in [2.75, 3.05) is 20.8 Å². The molecule has 0 aliphatic rings. The van der Waals surface area contributed by atoms with Gasteiger partial charge in [0.15, 0.2) is 6.61 Å². The third-order valence-corrected chi connectivity index (χ3v) is 4.36. The first kappa shape index (κ1) is 21.2. The summed E-state index contributed by atoms with van der Waals surface area (Å²) in [6.07, 6.45) is -4.70. The zero-order valence-electron chi connectivity index (χ0n) is 16.2. The van der Waals surface area contributed by atoms with E-state index >= 15 is 0 Å². The minimum absolute atomic E-state index is 0.105. The molecule has 0 saturated carbocycles. The van der Waals surface area contributed by atoms with Crippen LogP contribution in [-0.2, 0) is 17.5 Å². The number of amides is 1. The molecule has 1 heterocycles. The molecular formula is C21H18F3NO5. The molecule has 0 unspecified atom stereocenters. The van der Waals surface area contributed by atoms with E-state index in [0.717, 1.165) is 17.7 Å². The summed E-state index contributed by atoms with van der Waals surface area (Å²) < 4.78 is 54.7. The molecule has 0 aliphatic carbocycles. The first-order valence-electron chi connectivity index (χ1n) is 8.82. The lowest BCUT2D eigenvalue weighted by Crippen LogP contribution is -2.30. The van der Waals surface area contributed by atoms with Gasteiger partial charge in [-0.2, -0.15) is 13.2 Å². The number of hydrogen-bond acceptors (Lipinski definition) is 5. The second kappa shape index (κ2) is 8.48. The summed E-state index contributed by atoms with van der Waals surface area (Å²) in [5.74, 6) is 0.428. The molecular weight excluding hydrogens is 403 g/mol. The van der Waals surface area contributed by atoms with E-state index < -0.39 is 17.4 Å². The van der Waals surface area contributed by atoms with Gasteiger partial charge in [-0.25, -0.2) is 4.79 Å². The molecule has 9 heteroatoms. The monoisotopic (exact) mass is 421 g/mol. The van der Waals surface area contributed by atoms with Gasteiger partial charge in [0, 0.05) is 31.1 Å². The number of rotatable bonds is 6. The Morgan fingerprint density at radius 2 is 1.87 bits per heavy atom. The Hall–Kier alpha value is -3.49. The van der Waals surface area contributed by atoms with Crippen LogP contribution in [0.25, 0.3) is 11.0 Å². The average Bonchev–Trinajstić information content (AvgIpc) is 2.70. The first-order chi connectivity index (χ1) is 14.2. The highest BCUT2D eigenvalue weighted by molar-refractivity contribution is 5.82. The average molecular weight is 421 g/mol. The number of benzene rings is 2. The number of methoxy groups -OCH3 is 1. The number of hydrogen-bond donors (Lipinski definition) is 0. The van der Waals surface area contributed by atoms with Crippen molar-refractivity contribution in [3.05, 3.63) is 70.1 Å². The van der Waals surface area contributed by atoms with Crippen LogP contribution in [-0.4, -0.2) is 31.6 Å². The fraction of sp³-hybridized carbons (Fsp3) is 0.238. The fourth-order valence-corrected chi connectivity index (χ4v) is 2.86. The van der Waals surface area contributed by atoms with Crippen molar-refractivity contribution in [2.45, 2.75) is 12.7 Å². The van der Waals surface area contributed by atoms with Gasteiger partial charge in [-0.1, -0.05) is 12.1 Å². The van der Waals surface area contributed by atoms with Gasteiger partial charge in [0.2, 0.25) is 0 Å². The Labute approximate surface area is 169 Å². The van der Waals surface area contributed by atoms with E-state index in [4.69, 9.17) is 13.9 Å². The van der Waals surface area contributed by atoms with Gasteiger partial charge in [-0.05, 0) is 29.8 Å². The summed E-state index contributed by atoms with van der Waals surface area (Å²) in [5.41, 5.74) is -1.63. The predicted molar refractivity (Wildman–Crippen MR) is 102 cm³/mol. The van der Waals surface area contributed by atoms with Gasteiger partial charge in [0.1, 0.15) is 17.1 Å². The van der Waals surface area contributed by atoms with Crippen LogP contribution in [0.2, 0.25) is 0 Å².